The van der Waals surface area contributed by atoms with E-state index in [0.717, 1.165) is 18.8 Å². The van der Waals surface area contributed by atoms with E-state index >= 15 is 0 Å². The average Bonchev–Trinajstić information content (AvgIpc) is 2.48. The van der Waals surface area contributed by atoms with Gasteiger partial charge in [0.05, 0.1) is 5.02 Å². The molecule has 1 aromatic carbocycles. The molecular weight excluding hydrogens is 287 g/mol. The van der Waals surface area contributed by atoms with Gasteiger partial charge in [-0.1, -0.05) is 31.9 Å². The van der Waals surface area contributed by atoms with Gasteiger partial charge < -0.3 is 4.90 Å². The number of benzene rings is 1. The Morgan fingerprint density at radius 2 is 2.05 bits per heavy atom. The summed E-state index contributed by atoms with van der Waals surface area (Å²) in [7, 11) is 0. The van der Waals surface area contributed by atoms with Crippen LogP contribution in [0.5, 0.6) is 0 Å². The Hall–Kier alpha value is -0.800. The molecule has 0 bridgehead atoms. The van der Waals surface area contributed by atoms with Crippen LogP contribution in [-0.2, 0) is 0 Å². The van der Waals surface area contributed by atoms with Crippen molar-refractivity contribution in [1.29, 1.82) is 0 Å². The van der Waals surface area contributed by atoms with Crippen LogP contribution in [-0.4, -0.2) is 36.6 Å². The van der Waals surface area contributed by atoms with Gasteiger partial charge in [0.25, 0.3) is 0 Å². The Labute approximate surface area is 131 Å². The first-order chi connectivity index (χ1) is 10.1. The molecule has 0 N–H and O–H groups in total. The third-order valence-corrected chi connectivity index (χ3v) is 5.27. The summed E-state index contributed by atoms with van der Waals surface area (Å²) in [5.41, 5.74) is 1.06. The van der Waals surface area contributed by atoms with E-state index in [9.17, 15) is 4.39 Å². The SMILES string of the molecule is CC(C)C1CN2CCCCC2CN1c1ccc(F)c(Cl)c1. The zero-order valence-corrected chi connectivity index (χ0v) is 13.6. The maximum absolute atomic E-state index is 13.4. The highest BCUT2D eigenvalue weighted by Gasteiger charge is 2.36. The van der Waals surface area contributed by atoms with E-state index in [-0.39, 0.29) is 10.8 Å². The van der Waals surface area contributed by atoms with Gasteiger partial charge in [0.15, 0.2) is 0 Å². The predicted molar refractivity (Wildman–Crippen MR) is 86.6 cm³/mol. The molecule has 4 heteroatoms. The predicted octanol–water partition coefficient (Wildman–Crippen LogP) is 4.18. The molecule has 0 spiro atoms. The van der Waals surface area contributed by atoms with E-state index in [1.807, 2.05) is 6.07 Å². The minimum atomic E-state index is -0.335. The first-order valence-electron chi connectivity index (χ1n) is 8.02. The molecule has 2 heterocycles. The Morgan fingerprint density at radius 3 is 2.76 bits per heavy atom. The van der Waals surface area contributed by atoms with E-state index in [1.165, 1.54) is 31.9 Å². The highest BCUT2D eigenvalue weighted by atomic mass is 35.5. The van der Waals surface area contributed by atoms with Gasteiger partial charge >= 0.3 is 0 Å². The number of nitrogens with zero attached hydrogens (tertiary/aromatic N) is 2. The van der Waals surface area contributed by atoms with Crippen molar-refractivity contribution in [3.05, 3.63) is 29.0 Å². The van der Waals surface area contributed by atoms with Gasteiger partial charge in [-0.25, -0.2) is 4.39 Å². The van der Waals surface area contributed by atoms with E-state index in [0.29, 0.717) is 18.0 Å². The molecule has 21 heavy (non-hydrogen) atoms. The zero-order valence-electron chi connectivity index (χ0n) is 12.9. The smallest absolute Gasteiger partial charge is 0.141 e. The molecule has 0 aromatic heterocycles. The number of rotatable bonds is 2. The van der Waals surface area contributed by atoms with Crippen molar-refractivity contribution in [2.75, 3.05) is 24.5 Å². The number of anilines is 1. The summed E-state index contributed by atoms with van der Waals surface area (Å²) in [5, 5.41) is 0.223. The van der Waals surface area contributed by atoms with Gasteiger partial charge in [0, 0.05) is 30.9 Å². The normalized spacial score (nSPS) is 27.0. The fourth-order valence-electron chi connectivity index (χ4n) is 3.74. The topological polar surface area (TPSA) is 6.48 Å². The molecule has 2 saturated heterocycles. The summed E-state index contributed by atoms with van der Waals surface area (Å²) >= 11 is 5.99. The summed E-state index contributed by atoms with van der Waals surface area (Å²) in [6.45, 7) is 7.91. The maximum Gasteiger partial charge on any atom is 0.141 e. The Balaban J connectivity index is 1.88. The molecule has 0 aliphatic carbocycles. The zero-order chi connectivity index (χ0) is 15.0. The largest absolute Gasteiger partial charge is 0.365 e. The van der Waals surface area contributed by atoms with Gasteiger partial charge in [0.1, 0.15) is 5.82 Å². The molecule has 116 valence electrons. The number of piperidine rings is 1. The van der Waals surface area contributed by atoms with E-state index in [2.05, 4.69) is 23.6 Å². The van der Waals surface area contributed by atoms with Crippen LogP contribution in [0.3, 0.4) is 0 Å². The number of hydrogen-bond acceptors (Lipinski definition) is 2. The summed E-state index contributed by atoms with van der Waals surface area (Å²) in [4.78, 5) is 5.10. The van der Waals surface area contributed by atoms with Crippen LogP contribution < -0.4 is 4.90 Å². The Kier molecular flexibility index (Phi) is 4.41. The number of halogens is 2. The van der Waals surface area contributed by atoms with Crippen LogP contribution in [0.25, 0.3) is 0 Å². The third-order valence-electron chi connectivity index (χ3n) is 4.98. The number of hydrogen-bond donors (Lipinski definition) is 0. The van der Waals surface area contributed by atoms with Crippen molar-refractivity contribution >= 4 is 17.3 Å². The summed E-state index contributed by atoms with van der Waals surface area (Å²) in [6.07, 6.45) is 3.92. The van der Waals surface area contributed by atoms with E-state index < -0.39 is 0 Å². The van der Waals surface area contributed by atoms with Gasteiger partial charge in [-0.3, -0.25) is 4.90 Å². The average molecular weight is 311 g/mol. The minimum Gasteiger partial charge on any atom is -0.365 e. The minimum absolute atomic E-state index is 0.223. The molecule has 3 rings (SSSR count). The van der Waals surface area contributed by atoms with E-state index in [1.54, 1.807) is 6.07 Å². The molecule has 2 aliphatic rings. The van der Waals surface area contributed by atoms with Crippen molar-refractivity contribution in [3.63, 3.8) is 0 Å². The lowest BCUT2D eigenvalue weighted by atomic mass is 9.91. The number of piperazine rings is 1. The summed E-state index contributed by atoms with van der Waals surface area (Å²) < 4.78 is 13.4. The molecular formula is C17H24ClFN2. The van der Waals surface area contributed by atoms with Crippen molar-refractivity contribution in [2.45, 2.75) is 45.2 Å². The first-order valence-corrected chi connectivity index (χ1v) is 8.40. The Bertz CT molecular complexity index is 506. The van der Waals surface area contributed by atoms with Gasteiger partial charge in [-0.2, -0.15) is 0 Å². The molecule has 2 atom stereocenters. The maximum atomic E-state index is 13.4. The van der Waals surface area contributed by atoms with Crippen molar-refractivity contribution in [3.8, 4) is 0 Å². The van der Waals surface area contributed by atoms with Crippen molar-refractivity contribution < 1.29 is 4.39 Å². The van der Waals surface area contributed by atoms with Crippen LogP contribution >= 0.6 is 11.6 Å². The first kappa shape index (κ1) is 15.1. The molecule has 0 amide bonds. The van der Waals surface area contributed by atoms with Crippen LogP contribution in [0.2, 0.25) is 5.02 Å². The van der Waals surface area contributed by atoms with Gasteiger partial charge in [-0.05, 0) is 43.5 Å². The molecule has 2 unspecified atom stereocenters. The lowest BCUT2D eigenvalue weighted by molar-refractivity contribution is 0.100. The standard InChI is InChI=1S/C17H24ClFN2/c1-12(2)17-11-20-8-4-3-5-14(20)10-21(17)13-6-7-16(19)15(18)9-13/h6-7,9,12,14,17H,3-5,8,10-11H2,1-2H3. The fraction of sp³-hybridized carbons (Fsp3) is 0.647. The van der Waals surface area contributed by atoms with Crippen LogP contribution in [0.1, 0.15) is 33.1 Å². The van der Waals surface area contributed by atoms with Crippen LogP contribution in [0.15, 0.2) is 18.2 Å². The fourth-order valence-corrected chi connectivity index (χ4v) is 3.91. The summed E-state index contributed by atoms with van der Waals surface area (Å²) in [5.74, 6) is 0.231. The number of fused-ring (bicyclic) bond motifs is 1. The molecule has 2 nitrogen and oxygen atoms in total. The molecule has 0 saturated carbocycles. The molecule has 2 aliphatic heterocycles. The van der Waals surface area contributed by atoms with Gasteiger partial charge in [-0.15, -0.1) is 0 Å². The monoisotopic (exact) mass is 310 g/mol. The summed E-state index contributed by atoms with van der Waals surface area (Å²) in [6, 6.07) is 6.25. The lowest BCUT2D eigenvalue weighted by Crippen LogP contribution is -2.61. The second-order valence-electron chi connectivity index (χ2n) is 6.71. The van der Waals surface area contributed by atoms with Crippen LogP contribution in [0.4, 0.5) is 10.1 Å². The molecule has 0 radical (unpaired) electrons. The Morgan fingerprint density at radius 1 is 1.24 bits per heavy atom. The van der Waals surface area contributed by atoms with Crippen molar-refractivity contribution in [1.82, 2.24) is 4.90 Å². The van der Waals surface area contributed by atoms with Crippen molar-refractivity contribution in [2.24, 2.45) is 5.92 Å². The highest BCUT2D eigenvalue weighted by molar-refractivity contribution is 6.31. The van der Waals surface area contributed by atoms with Crippen LogP contribution in [0, 0.1) is 11.7 Å². The molecule has 2 fully saturated rings. The lowest BCUT2D eigenvalue weighted by Gasteiger charge is -2.50. The third kappa shape index (κ3) is 3.04. The van der Waals surface area contributed by atoms with Gasteiger partial charge in [0.2, 0.25) is 0 Å². The quantitative estimate of drug-likeness (QED) is 0.808. The molecule has 1 aromatic rings. The second kappa shape index (κ2) is 6.13. The second-order valence-corrected chi connectivity index (χ2v) is 7.11. The highest BCUT2D eigenvalue weighted by Crippen LogP contribution is 2.32. The van der Waals surface area contributed by atoms with E-state index in [4.69, 9.17) is 11.6 Å².